The van der Waals surface area contributed by atoms with Gasteiger partial charge in [-0.1, -0.05) is 6.07 Å². The summed E-state index contributed by atoms with van der Waals surface area (Å²) in [4.78, 5) is 45.5. The summed E-state index contributed by atoms with van der Waals surface area (Å²) in [5, 5.41) is 8.64. The molecule has 0 unspecified atom stereocenters. The zero-order valence-electron chi connectivity index (χ0n) is 17.3. The van der Waals surface area contributed by atoms with Crippen LogP contribution in [0.4, 0.5) is 5.82 Å². The summed E-state index contributed by atoms with van der Waals surface area (Å²) < 4.78 is 0. The summed E-state index contributed by atoms with van der Waals surface area (Å²) in [6, 6.07) is 10.8. The number of ketones is 1. The summed E-state index contributed by atoms with van der Waals surface area (Å²) in [6.07, 6.45) is 3.43. The molecule has 0 radical (unpaired) electrons. The number of thiophene rings is 1. The number of pyridine rings is 2. The number of hydrogen-bond acceptors (Lipinski definition) is 7. The molecule has 0 atom stereocenters. The number of nitrogens with one attached hydrogen (secondary N) is 3. The van der Waals surface area contributed by atoms with Crippen LogP contribution in [0.5, 0.6) is 0 Å². The van der Waals surface area contributed by atoms with E-state index in [0.29, 0.717) is 41.6 Å². The average molecular weight is 438 g/mol. The van der Waals surface area contributed by atoms with Crippen LogP contribution in [-0.4, -0.2) is 40.7 Å². The Hall–Kier alpha value is -3.59. The van der Waals surface area contributed by atoms with E-state index in [1.165, 1.54) is 25.2 Å². The van der Waals surface area contributed by atoms with Gasteiger partial charge in [0.2, 0.25) is 5.91 Å². The third kappa shape index (κ3) is 6.19. The predicted molar refractivity (Wildman–Crippen MR) is 120 cm³/mol. The molecule has 31 heavy (non-hydrogen) atoms. The first kappa shape index (κ1) is 22.1. The van der Waals surface area contributed by atoms with Crippen molar-refractivity contribution in [3.8, 4) is 10.6 Å². The first-order chi connectivity index (χ1) is 14.9. The van der Waals surface area contributed by atoms with E-state index in [-0.39, 0.29) is 17.6 Å². The van der Waals surface area contributed by atoms with E-state index in [1.807, 2.05) is 18.2 Å². The Kier molecular flexibility index (Phi) is 7.45. The lowest BCUT2D eigenvalue weighted by Crippen LogP contribution is -2.34. The highest BCUT2D eigenvalue weighted by molar-refractivity contribution is 7.17. The van der Waals surface area contributed by atoms with Crippen LogP contribution >= 0.6 is 11.3 Å². The molecule has 8 nitrogen and oxygen atoms in total. The maximum atomic E-state index is 12.7. The van der Waals surface area contributed by atoms with Gasteiger partial charge in [0.25, 0.3) is 5.91 Å². The Morgan fingerprint density at radius 3 is 2.48 bits per heavy atom. The lowest BCUT2D eigenvalue weighted by Gasteiger charge is -2.13. The van der Waals surface area contributed by atoms with Gasteiger partial charge < -0.3 is 16.0 Å². The fraction of sp³-hybridized carbons (Fsp3) is 0.227. The SMILES string of the molecule is CC(=O)NCCNC(=O)c1ccc(-c2ccc(C(C)=O)s2)nc1NCc1cccnc1. The molecular formula is C22H23N5O3S. The molecule has 0 aliphatic rings. The number of anilines is 1. The minimum Gasteiger partial charge on any atom is -0.365 e. The van der Waals surface area contributed by atoms with Gasteiger partial charge in [-0.25, -0.2) is 4.98 Å². The second-order valence-corrected chi connectivity index (χ2v) is 7.85. The standard InChI is InChI=1S/C22H23N5O3S/c1-14(28)19-7-8-20(31-19)18-6-5-17(22(30)25-11-10-24-15(2)29)21(27-18)26-13-16-4-3-9-23-12-16/h3-9,12H,10-11,13H2,1-2H3,(H,24,29)(H,25,30)(H,26,27). The highest BCUT2D eigenvalue weighted by Gasteiger charge is 2.16. The van der Waals surface area contributed by atoms with Crippen molar-refractivity contribution < 1.29 is 14.4 Å². The fourth-order valence-electron chi connectivity index (χ4n) is 2.78. The first-order valence-corrected chi connectivity index (χ1v) is 10.5. The largest absolute Gasteiger partial charge is 0.365 e. The normalized spacial score (nSPS) is 10.4. The Morgan fingerprint density at radius 2 is 1.81 bits per heavy atom. The summed E-state index contributed by atoms with van der Waals surface area (Å²) in [5.74, 6) is -0.0221. The molecule has 0 saturated carbocycles. The molecule has 3 rings (SSSR count). The molecule has 3 heterocycles. The van der Waals surface area contributed by atoms with Gasteiger partial charge in [-0.05, 0) is 42.8 Å². The molecule has 0 spiro atoms. The molecule has 3 N–H and O–H groups in total. The Balaban J connectivity index is 1.82. The van der Waals surface area contributed by atoms with Crippen LogP contribution in [0.15, 0.2) is 48.8 Å². The summed E-state index contributed by atoms with van der Waals surface area (Å²) >= 11 is 1.36. The summed E-state index contributed by atoms with van der Waals surface area (Å²) in [5.41, 5.74) is 2.00. The van der Waals surface area contributed by atoms with Crippen molar-refractivity contribution in [1.82, 2.24) is 20.6 Å². The maximum absolute atomic E-state index is 12.7. The second kappa shape index (κ2) is 10.4. The average Bonchev–Trinajstić information content (AvgIpc) is 3.26. The van der Waals surface area contributed by atoms with Gasteiger partial charge in [0.1, 0.15) is 5.82 Å². The van der Waals surface area contributed by atoms with E-state index in [4.69, 9.17) is 0 Å². The van der Waals surface area contributed by atoms with Crippen LogP contribution in [-0.2, 0) is 11.3 Å². The number of hydrogen-bond donors (Lipinski definition) is 3. The topological polar surface area (TPSA) is 113 Å². The van der Waals surface area contributed by atoms with Gasteiger partial charge >= 0.3 is 0 Å². The summed E-state index contributed by atoms with van der Waals surface area (Å²) in [7, 11) is 0. The van der Waals surface area contributed by atoms with E-state index >= 15 is 0 Å². The third-order valence-electron chi connectivity index (χ3n) is 4.31. The van der Waals surface area contributed by atoms with Crippen LogP contribution in [0.2, 0.25) is 0 Å². The third-order valence-corrected chi connectivity index (χ3v) is 5.52. The van der Waals surface area contributed by atoms with Gasteiger partial charge in [-0.15, -0.1) is 11.3 Å². The van der Waals surface area contributed by atoms with E-state index in [2.05, 4.69) is 25.9 Å². The zero-order valence-corrected chi connectivity index (χ0v) is 18.1. The number of rotatable bonds is 9. The number of carbonyl (C=O) groups is 3. The van der Waals surface area contributed by atoms with Crippen molar-refractivity contribution in [2.75, 3.05) is 18.4 Å². The monoisotopic (exact) mass is 437 g/mol. The number of amides is 2. The zero-order chi connectivity index (χ0) is 22.2. The van der Waals surface area contributed by atoms with Gasteiger partial charge in [0.15, 0.2) is 5.78 Å². The fourth-order valence-corrected chi connectivity index (χ4v) is 3.65. The van der Waals surface area contributed by atoms with Crippen molar-refractivity contribution in [2.45, 2.75) is 20.4 Å². The second-order valence-electron chi connectivity index (χ2n) is 6.77. The molecule has 3 aromatic heterocycles. The van der Waals surface area contributed by atoms with E-state index in [0.717, 1.165) is 10.4 Å². The number of aromatic nitrogens is 2. The van der Waals surface area contributed by atoms with Gasteiger partial charge in [-0.3, -0.25) is 19.4 Å². The minimum absolute atomic E-state index is 0.00124. The summed E-state index contributed by atoms with van der Waals surface area (Å²) in [6.45, 7) is 4.04. The smallest absolute Gasteiger partial charge is 0.255 e. The van der Waals surface area contributed by atoms with Crippen molar-refractivity contribution >= 4 is 34.8 Å². The number of carbonyl (C=O) groups excluding carboxylic acids is 3. The Morgan fingerprint density at radius 1 is 1.00 bits per heavy atom. The molecule has 2 amide bonds. The van der Waals surface area contributed by atoms with Crippen LogP contribution in [0.3, 0.4) is 0 Å². The molecule has 0 saturated heterocycles. The molecule has 3 aromatic rings. The quantitative estimate of drug-likeness (QED) is 0.350. The van der Waals surface area contributed by atoms with Crippen molar-refractivity contribution in [3.63, 3.8) is 0 Å². The molecule has 9 heteroatoms. The van der Waals surface area contributed by atoms with Crippen LogP contribution < -0.4 is 16.0 Å². The van der Waals surface area contributed by atoms with Crippen molar-refractivity contribution in [2.24, 2.45) is 0 Å². The molecule has 160 valence electrons. The van der Waals surface area contributed by atoms with E-state index in [1.54, 1.807) is 30.6 Å². The van der Waals surface area contributed by atoms with Gasteiger partial charge in [0.05, 0.1) is 21.0 Å². The molecule has 0 aromatic carbocycles. The molecule has 0 bridgehead atoms. The van der Waals surface area contributed by atoms with Crippen LogP contribution in [0.1, 0.15) is 39.4 Å². The molecule has 0 aliphatic carbocycles. The number of nitrogens with zero attached hydrogens (tertiary/aromatic N) is 2. The highest BCUT2D eigenvalue weighted by Crippen LogP contribution is 2.29. The number of Topliss-reactive ketones (excluding diaryl/α,β-unsaturated/α-hetero) is 1. The van der Waals surface area contributed by atoms with Crippen LogP contribution in [0, 0.1) is 0 Å². The Labute approximate surface area is 184 Å². The molecular weight excluding hydrogens is 414 g/mol. The Bertz CT molecular complexity index is 1080. The van der Waals surface area contributed by atoms with Crippen LogP contribution in [0.25, 0.3) is 10.6 Å². The highest BCUT2D eigenvalue weighted by atomic mass is 32.1. The van der Waals surface area contributed by atoms with Crippen molar-refractivity contribution in [1.29, 1.82) is 0 Å². The molecule has 0 fully saturated rings. The predicted octanol–water partition coefficient (Wildman–Crippen LogP) is 2.89. The van der Waals surface area contributed by atoms with Gasteiger partial charge in [0, 0.05) is 39.0 Å². The lowest BCUT2D eigenvalue weighted by molar-refractivity contribution is -0.118. The van der Waals surface area contributed by atoms with E-state index < -0.39 is 0 Å². The molecule has 0 aliphatic heterocycles. The van der Waals surface area contributed by atoms with E-state index in [9.17, 15) is 14.4 Å². The first-order valence-electron chi connectivity index (χ1n) is 9.71. The van der Waals surface area contributed by atoms with Crippen molar-refractivity contribution in [3.05, 3.63) is 64.8 Å². The van der Waals surface area contributed by atoms with Gasteiger partial charge in [-0.2, -0.15) is 0 Å². The lowest BCUT2D eigenvalue weighted by atomic mass is 10.2. The minimum atomic E-state index is -0.298. The maximum Gasteiger partial charge on any atom is 0.255 e.